The Labute approximate surface area is 114 Å². The molecule has 0 bridgehead atoms. The molecule has 1 aromatic carbocycles. The van der Waals surface area contributed by atoms with E-state index >= 15 is 0 Å². The summed E-state index contributed by atoms with van der Waals surface area (Å²) in [6, 6.07) is 6.89. The van der Waals surface area contributed by atoms with E-state index in [0.717, 1.165) is 44.5 Å². The summed E-state index contributed by atoms with van der Waals surface area (Å²) in [4.78, 5) is 0.424. The van der Waals surface area contributed by atoms with Crippen molar-refractivity contribution in [3.8, 4) is 5.75 Å². The van der Waals surface area contributed by atoms with E-state index in [1.54, 1.807) is 24.3 Å². The van der Waals surface area contributed by atoms with Crippen molar-refractivity contribution < 1.29 is 13.2 Å². The summed E-state index contributed by atoms with van der Waals surface area (Å²) in [5, 5.41) is 3.14. The van der Waals surface area contributed by atoms with Crippen molar-refractivity contribution in [2.75, 3.05) is 13.1 Å². The third-order valence-electron chi connectivity index (χ3n) is 3.70. The van der Waals surface area contributed by atoms with Gasteiger partial charge in [0, 0.05) is 0 Å². The van der Waals surface area contributed by atoms with Crippen molar-refractivity contribution >= 4 is 9.84 Å². The Morgan fingerprint density at radius 1 is 1.00 bits per heavy atom. The van der Waals surface area contributed by atoms with E-state index in [1.807, 2.05) is 0 Å². The van der Waals surface area contributed by atoms with Crippen molar-refractivity contribution in [1.82, 2.24) is 5.32 Å². The van der Waals surface area contributed by atoms with Crippen LogP contribution in [0.1, 0.15) is 25.7 Å². The second kappa shape index (κ2) is 5.13. The third-order valence-corrected chi connectivity index (χ3v) is 5.98. The quantitative estimate of drug-likeness (QED) is 0.913. The average Bonchev–Trinajstić information content (AvgIpc) is 3.25. The van der Waals surface area contributed by atoms with E-state index in [1.165, 1.54) is 0 Å². The predicted octanol–water partition coefficient (Wildman–Crippen LogP) is 1.75. The molecule has 1 aromatic rings. The first kappa shape index (κ1) is 12.9. The molecule has 19 heavy (non-hydrogen) atoms. The lowest BCUT2D eigenvalue weighted by atomic mass is 10.1. The van der Waals surface area contributed by atoms with E-state index in [2.05, 4.69) is 5.32 Å². The second-order valence-corrected chi connectivity index (χ2v) is 7.51. The standard InChI is InChI=1S/C14H19NO3S/c16-19(17,14-5-6-14)13-3-1-11(2-4-13)18-12-7-9-15-10-8-12/h1-4,12,14-15H,5-10H2. The van der Waals surface area contributed by atoms with Gasteiger partial charge in [0.15, 0.2) is 9.84 Å². The fourth-order valence-electron chi connectivity index (χ4n) is 2.38. The molecule has 1 saturated carbocycles. The molecule has 0 amide bonds. The van der Waals surface area contributed by atoms with Crippen molar-refractivity contribution in [3.63, 3.8) is 0 Å². The van der Waals surface area contributed by atoms with Crippen LogP contribution in [0.3, 0.4) is 0 Å². The summed E-state index contributed by atoms with van der Waals surface area (Å²) in [5.41, 5.74) is 0. The molecule has 0 radical (unpaired) electrons. The molecule has 4 nitrogen and oxygen atoms in total. The minimum Gasteiger partial charge on any atom is -0.490 e. The Morgan fingerprint density at radius 2 is 1.63 bits per heavy atom. The molecule has 5 heteroatoms. The maximum absolute atomic E-state index is 12.0. The van der Waals surface area contributed by atoms with Gasteiger partial charge in [-0.1, -0.05) is 0 Å². The molecule has 2 aliphatic rings. The van der Waals surface area contributed by atoms with Gasteiger partial charge in [0.25, 0.3) is 0 Å². The highest BCUT2D eigenvalue weighted by atomic mass is 32.2. The molecule has 1 aliphatic heterocycles. The van der Waals surface area contributed by atoms with Gasteiger partial charge in [-0.05, 0) is 63.0 Å². The van der Waals surface area contributed by atoms with Crippen LogP contribution in [0.15, 0.2) is 29.2 Å². The topological polar surface area (TPSA) is 55.4 Å². The molecule has 0 atom stereocenters. The van der Waals surface area contributed by atoms with E-state index in [9.17, 15) is 8.42 Å². The number of sulfone groups is 1. The maximum Gasteiger partial charge on any atom is 0.181 e. The molecule has 104 valence electrons. The molecule has 1 N–H and O–H groups in total. The SMILES string of the molecule is O=S(=O)(c1ccc(OC2CCNCC2)cc1)C1CC1. The van der Waals surface area contributed by atoms with Crippen LogP contribution < -0.4 is 10.1 Å². The van der Waals surface area contributed by atoms with Gasteiger partial charge in [-0.3, -0.25) is 0 Å². The highest BCUT2D eigenvalue weighted by Gasteiger charge is 2.36. The molecular formula is C14H19NO3S. The van der Waals surface area contributed by atoms with Gasteiger partial charge in [-0.15, -0.1) is 0 Å². The average molecular weight is 281 g/mol. The van der Waals surface area contributed by atoms with Gasteiger partial charge in [0.2, 0.25) is 0 Å². The third kappa shape index (κ3) is 2.92. The van der Waals surface area contributed by atoms with Crippen LogP contribution in [0, 0.1) is 0 Å². The summed E-state index contributed by atoms with van der Waals surface area (Å²) in [6.45, 7) is 1.97. The van der Waals surface area contributed by atoms with Crippen LogP contribution >= 0.6 is 0 Å². The highest BCUT2D eigenvalue weighted by molar-refractivity contribution is 7.92. The Balaban J connectivity index is 1.68. The van der Waals surface area contributed by atoms with Gasteiger partial charge >= 0.3 is 0 Å². The maximum atomic E-state index is 12.0. The van der Waals surface area contributed by atoms with Crippen molar-refractivity contribution in [3.05, 3.63) is 24.3 Å². The molecule has 0 aromatic heterocycles. The monoisotopic (exact) mass is 281 g/mol. The number of ether oxygens (including phenoxy) is 1. The van der Waals surface area contributed by atoms with Crippen molar-refractivity contribution in [2.24, 2.45) is 0 Å². The summed E-state index contributed by atoms with van der Waals surface area (Å²) < 4.78 is 30.0. The Kier molecular flexibility index (Phi) is 3.50. The number of benzene rings is 1. The van der Waals surface area contributed by atoms with Crippen LogP contribution in [-0.4, -0.2) is 32.9 Å². The van der Waals surface area contributed by atoms with Gasteiger partial charge in [-0.25, -0.2) is 8.42 Å². The Hall–Kier alpha value is -1.07. The number of piperidine rings is 1. The van der Waals surface area contributed by atoms with Gasteiger partial charge in [0.05, 0.1) is 10.1 Å². The van der Waals surface area contributed by atoms with Crippen molar-refractivity contribution in [1.29, 1.82) is 0 Å². The zero-order chi connectivity index (χ0) is 13.3. The van der Waals surface area contributed by atoms with Gasteiger partial charge in [0.1, 0.15) is 11.9 Å². The van der Waals surface area contributed by atoms with Crippen LogP contribution in [-0.2, 0) is 9.84 Å². The van der Waals surface area contributed by atoms with Gasteiger partial charge in [-0.2, -0.15) is 0 Å². The normalized spacial score (nSPS) is 21.3. The molecular weight excluding hydrogens is 262 g/mol. The number of hydrogen-bond acceptors (Lipinski definition) is 4. The molecule has 1 heterocycles. The second-order valence-electron chi connectivity index (χ2n) is 5.28. The molecule has 0 spiro atoms. The molecule has 3 rings (SSSR count). The predicted molar refractivity (Wildman–Crippen MR) is 73.2 cm³/mol. The van der Waals surface area contributed by atoms with Crippen LogP contribution in [0.25, 0.3) is 0 Å². The Morgan fingerprint density at radius 3 is 2.21 bits per heavy atom. The van der Waals surface area contributed by atoms with E-state index < -0.39 is 9.84 Å². The lowest BCUT2D eigenvalue weighted by molar-refractivity contribution is 0.162. The molecule has 0 unspecified atom stereocenters. The number of nitrogens with one attached hydrogen (secondary N) is 1. The van der Waals surface area contributed by atoms with E-state index in [4.69, 9.17) is 4.74 Å². The lowest BCUT2D eigenvalue weighted by Gasteiger charge is -2.23. The lowest BCUT2D eigenvalue weighted by Crippen LogP contribution is -2.34. The summed E-state index contributed by atoms with van der Waals surface area (Å²) in [6.07, 6.45) is 3.85. The minimum absolute atomic E-state index is 0.149. The van der Waals surface area contributed by atoms with E-state index in [0.29, 0.717) is 4.90 Å². The van der Waals surface area contributed by atoms with Crippen LogP contribution in [0.2, 0.25) is 0 Å². The zero-order valence-electron chi connectivity index (χ0n) is 10.8. The first-order chi connectivity index (χ1) is 9.16. The number of rotatable bonds is 4. The molecule has 1 saturated heterocycles. The van der Waals surface area contributed by atoms with Crippen LogP contribution in [0.5, 0.6) is 5.75 Å². The van der Waals surface area contributed by atoms with Crippen LogP contribution in [0.4, 0.5) is 0 Å². The summed E-state index contributed by atoms with van der Waals surface area (Å²) in [5.74, 6) is 0.765. The zero-order valence-corrected chi connectivity index (χ0v) is 11.7. The first-order valence-corrected chi connectivity index (χ1v) is 8.42. The van der Waals surface area contributed by atoms with E-state index in [-0.39, 0.29) is 11.4 Å². The Bertz CT molecular complexity index is 528. The fraction of sp³-hybridized carbons (Fsp3) is 0.571. The molecule has 2 fully saturated rings. The number of hydrogen-bond donors (Lipinski definition) is 1. The fourth-order valence-corrected chi connectivity index (χ4v) is 4.04. The summed E-state index contributed by atoms with van der Waals surface area (Å²) in [7, 11) is -3.08. The smallest absolute Gasteiger partial charge is 0.181 e. The largest absolute Gasteiger partial charge is 0.490 e. The van der Waals surface area contributed by atoms with Crippen molar-refractivity contribution in [2.45, 2.75) is 41.9 Å². The summed E-state index contributed by atoms with van der Waals surface area (Å²) >= 11 is 0. The van der Waals surface area contributed by atoms with Gasteiger partial charge < -0.3 is 10.1 Å². The molecule has 1 aliphatic carbocycles. The highest BCUT2D eigenvalue weighted by Crippen LogP contribution is 2.34. The minimum atomic E-state index is -3.08. The first-order valence-electron chi connectivity index (χ1n) is 6.87.